The van der Waals surface area contributed by atoms with Gasteiger partial charge in [-0.25, -0.2) is 0 Å². The van der Waals surface area contributed by atoms with E-state index in [0.717, 1.165) is 0 Å². The molecular formula is C16H12O6. The largest absolute Gasteiger partial charge is 0.507 e. The summed E-state index contributed by atoms with van der Waals surface area (Å²) >= 11 is 0. The van der Waals surface area contributed by atoms with E-state index in [1.165, 1.54) is 31.4 Å². The molecule has 0 radical (unpaired) electrons. The number of aliphatic hydroxyl groups excluding tert-OH is 1. The molecule has 22 heavy (non-hydrogen) atoms. The van der Waals surface area contributed by atoms with E-state index >= 15 is 0 Å². The van der Waals surface area contributed by atoms with Crippen molar-refractivity contribution in [1.82, 2.24) is 0 Å². The standard InChI is InChI=1S/C16H12O6/c1-22-16-10(18)3-2-8-13(16)15(21)12-9(14(8)20)4-7(6-17)5-11(12)19/h2-5,17-19H,6H2,1H3. The molecule has 0 atom stereocenters. The number of phenolic OH excluding ortho intramolecular Hbond substituents is 2. The normalized spacial score (nSPS) is 12.8. The molecule has 6 nitrogen and oxygen atoms in total. The SMILES string of the molecule is COc1c(O)ccc2c1C(=O)c1c(O)cc(CO)cc1C2=O. The lowest BCUT2D eigenvalue weighted by Crippen LogP contribution is -2.22. The molecule has 1 aliphatic carbocycles. The molecule has 1 aliphatic rings. The summed E-state index contributed by atoms with van der Waals surface area (Å²) < 4.78 is 5.02. The first kappa shape index (κ1) is 14.1. The van der Waals surface area contributed by atoms with Gasteiger partial charge >= 0.3 is 0 Å². The first-order chi connectivity index (χ1) is 10.5. The summed E-state index contributed by atoms with van der Waals surface area (Å²) in [6.07, 6.45) is 0. The second-order valence-electron chi connectivity index (χ2n) is 4.89. The fourth-order valence-electron chi connectivity index (χ4n) is 2.66. The molecule has 0 unspecified atom stereocenters. The summed E-state index contributed by atoms with van der Waals surface area (Å²) in [4.78, 5) is 25.2. The summed E-state index contributed by atoms with van der Waals surface area (Å²) in [6, 6.07) is 5.20. The van der Waals surface area contributed by atoms with Gasteiger partial charge in [0.15, 0.2) is 17.3 Å². The van der Waals surface area contributed by atoms with Crippen LogP contribution in [0.2, 0.25) is 0 Å². The number of carbonyl (C=O) groups excluding carboxylic acids is 2. The van der Waals surface area contributed by atoms with Crippen molar-refractivity contribution in [2.75, 3.05) is 7.11 Å². The molecule has 6 heteroatoms. The van der Waals surface area contributed by atoms with Crippen LogP contribution in [0.1, 0.15) is 37.4 Å². The molecule has 3 rings (SSSR count). The third kappa shape index (κ3) is 1.78. The van der Waals surface area contributed by atoms with Crippen molar-refractivity contribution in [2.45, 2.75) is 6.61 Å². The van der Waals surface area contributed by atoms with E-state index in [-0.39, 0.29) is 40.4 Å². The highest BCUT2D eigenvalue weighted by Crippen LogP contribution is 2.41. The molecule has 0 heterocycles. The van der Waals surface area contributed by atoms with Crippen LogP contribution in [-0.2, 0) is 6.61 Å². The van der Waals surface area contributed by atoms with Crippen LogP contribution in [0.5, 0.6) is 17.2 Å². The number of hydrogen-bond acceptors (Lipinski definition) is 6. The second-order valence-corrected chi connectivity index (χ2v) is 4.89. The highest BCUT2D eigenvalue weighted by Gasteiger charge is 2.35. The van der Waals surface area contributed by atoms with Gasteiger partial charge in [-0.05, 0) is 29.8 Å². The van der Waals surface area contributed by atoms with Crippen LogP contribution in [0, 0.1) is 0 Å². The lowest BCUT2D eigenvalue weighted by Gasteiger charge is -2.21. The molecule has 0 amide bonds. The maximum atomic E-state index is 12.6. The number of rotatable bonds is 2. The Morgan fingerprint density at radius 1 is 0.955 bits per heavy atom. The maximum absolute atomic E-state index is 12.6. The van der Waals surface area contributed by atoms with Crippen molar-refractivity contribution in [3.05, 3.63) is 52.1 Å². The van der Waals surface area contributed by atoms with Gasteiger partial charge in [0.25, 0.3) is 0 Å². The topological polar surface area (TPSA) is 104 Å². The van der Waals surface area contributed by atoms with E-state index in [2.05, 4.69) is 0 Å². The van der Waals surface area contributed by atoms with Crippen molar-refractivity contribution < 1.29 is 29.6 Å². The number of aliphatic hydroxyl groups is 1. The van der Waals surface area contributed by atoms with Crippen LogP contribution in [0.25, 0.3) is 0 Å². The van der Waals surface area contributed by atoms with Gasteiger partial charge in [-0.2, -0.15) is 0 Å². The number of fused-ring (bicyclic) bond motifs is 2. The van der Waals surface area contributed by atoms with Gasteiger partial charge in [-0.3, -0.25) is 9.59 Å². The molecule has 0 saturated heterocycles. The van der Waals surface area contributed by atoms with Gasteiger partial charge in [0, 0.05) is 11.1 Å². The predicted octanol–water partition coefficient (Wildman–Crippen LogP) is 1.37. The van der Waals surface area contributed by atoms with Gasteiger partial charge in [0.2, 0.25) is 5.78 Å². The molecule has 0 aromatic heterocycles. The molecule has 0 saturated carbocycles. The molecule has 0 bridgehead atoms. The van der Waals surface area contributed by atoms with Crippen LogP contribution >= 0.6 is 0 Å². The quantitative estimate of drug-likeness (QED) is 0.660. The number of ether oxygens (including phenoxy) is 1. The van der Waals surface area contributed by atoms with E-state index in [1.807, 2.05) is 0 Å². The van der Waals surface area contributed by atoms with Crippen molar-refractivity contribution in [2.24, 2.45) is 0 Å². The lowest BCUT2D eigenvalue weighted by molar-refractivity contribution is 0.0973. The number of methoxy groups -OCH3 is 1. The Labute approximate surface area is 125 Å². The summed E-state index contributed by atoms with van der Waals surface area (Å²) in [7, 11) is 1.28. The first-order valence-electron chi connectivity index (χ1n) is 6.45. The Bertz CT molecular complexity index is 822. The molecule has 0 aliphatic heterocycles. The fourth-order valence-corrected chi connectivity index (χ4v) is 2.66. The molecular weight excluding hydrogens is 288 g/mol. The van der Waals surface area contributed by atoms with Gasteiger partial charge in [-0.15, -0.1) is 0 Å². The molecule has 2 aromatic rings. The molecule has 3 N–H and O–H groups in total. The maximum Gasteiger partial charge on any atom is 0.202 e. The Morgan fingerprint density at radius 3 is 2.32 bits per heavy atom. The first-order valence-corrected chi connectivity index (χ1v) is 6.45. The molecule has 2 aromatic carbocycles. The number of carbonyl (C=O) groups is 2. The smallest absolute Gasteiger partial charge is 0.202 e. The van der Waals surface area contributed by atoms with Crippen molar-refractivity contribution in [1.29, 1.82) is 0 Å². The van der Waals surface area contributed by atoms with Gasteiger partial charge in [-0.1, -0.05) is 0 Å². The van der Waals surface area contributed by atoms with Crippen molar-refractivity contribution >= 4 is 11.6 Å². The average molecular weight is 300 g/mol. The highest BCUT2D eigenvalue weighted by atomic mass is 16.5. The van der Waals surface area contributed by atoms with Crippen LogP contribution in [0.4, 0.5) is 0 Å². The number of aromatic hydroxyl groups is 2. The molecule has 112 valence electrons. The van der Waals surface area contributed by atoms with E-state index in [4.69, 9.17) is 9.84 Å². The number of phenols is 2. The zero-order chi connectivity index (χ0) is 16.0. The predicted molar refractivity (Wildman–Crippen MR) is 75.6 cm³/mol. The fraction of sp³-hybridized carbons (Fsp3) is 0.125. The van der Waals surface area contributed by atoms with Crippen LogP contribution < -0.4 is 4.74 Å². The van der Waals surface area contributed by atoms with E-state index in [0.29, 0.717) is 5.56 Å². The monoisotopic (exact) mass is 300 g/mol. The zero-order valence-electron chi connectivity index (χ0n) is 11.6. The second kappa shape index (κ2) is 4.85. The summed E-state index contributed by atoms with van der Waals surface area (Å²) in [5.41, 5.74) is 0.202. The third-order valence-corrected chi connectivity index (χ3v) is 3.64. The Kier molecular flexibility index (Phi) is 3.11. The van der Waals surface area contributed by atoms with Gasteiger partial charge in [0.05, 0.1) is 24.8 Å². The molecule has 0 fully saturated rings. The summed E-state index contributed by atoms with van der Waals surface area (Å²) in [5.74, 6) is -1.85. The zero-order valence-corrected chi connectivity index (χ0v) is 11.6. The van der Waals surface area contributed by atoms with Crippen LogP contribution in [0.3, 0.4) is 0 Å². The lowest BCUT2D eigenvalue weighted by atomic mass is 9.82. The molecule has 0 spiro atoms. The van der Waals surface area contributed by atoms with Crippen molar-refractivity contribution in [3.8, 4) is 17.2 Å². The van der Waals surface area contributed by atoms with Gasteiger partial charge in [0.1, 0.15) is 5.75 Å². The third-order valence-electron chi connectivity index (χ3n) is 3.64. The highest BCUT2D eigenvalue weighted by molar-refractivity contribution is 6.30. The van der Waals surface area contributed by atoms with Crippen LogP contribution in [0.15, 0.2) is 24.3 Å². The summed E-state index contributed by atoms with van der Waals surface area (Å²) in [6.45, 7) is -0.367. The Balaban J connectivity index is 2.35. The van der Waals surface area contributed by atoms with E-state index in [9.17, 15) is 19.8 Å². The Hall–Kier alpha value is -2.86. The van der Waals surface area contributed by atoms with Crippen molar-refractivity contribution in [3.63, 3.8) is 0 Å². The van der Waals surface area contributed by atoms with E-state index < -0.39 is 17.3 Å². The van der Waals surface area contributed by atoms with Gasteiger partial charge < -0.3 is 20.1 Å². The number of ketones is 2. The minimum absolute atomic E-state index is 0.0225. The Morgan fingerprint density at radius 2 is 1.68 bits per heavy atom. The summed E-state index contributed by atoms with van der Waals surface area (Å²) in [5, 5.41) is 29.0. The minimum atomic E-state index is -0.612. The minimum Gasteiger partial charge on any atom is -0.507 e. The number of hydrogen-bond donors (Lipinski definition) is 3. The average Bonchev–Trinajstić information content (AvgIpc) is 2.51. The number of benzene rings is 2. The van der Waals surface area contributed by atoms with E-state index in [1.54, 1.807) is 0 Å². The van der Waals surface area contributed by atoms with Crippen LogP contribution in [-0.4, -0.2) is 34.0 Å².